The van der Waals surface area contributed by atoms with Gasteiger partial charge in [0.1, 0.15) is 22.3 Å². The lowest BCUT2D eigenvalue weighted by Gasteiger charge is -2.20. The topological polar surface area (TPSA) is 76.5 Å². The molecule has 3 rings (SSSR count). The molecule has 0 aliphatic rings. The molecule has 8 heteroatoms. The van der Waals surface area contributed by atoms with E-state index in [4.69, 9.17) is 4.74 Å². The van der Waals surface area contributed by atoms with Crippen molar-refractivity contribution in [2.24, 2.45) is 0 Å². The summed E-state index contributed by atoms with van der Waals surface area (Å²) in [5.74, 6) is 0.232. The van der Waals surface area contributed by atoms with E-state index in [0.717, 1.165) is 6.54 Å². The van der Waals surface area contributed by atoms with Gasteiger partial charge in [-0.2, -0.15) is 0 Å². The number of carbonyl (C=O) groups is 1. The number of thiophene rings is 2. The second-order valence-electron chi connectivity index (χ2n) is 6.23. The Labute approximate surface area is 159 Å². The normalized spacial score (nSPS) is 13.7. The fourth-order valence-corrected chi connectivity index (χ4v) is 4.71. The third kappa shape index (κ3) is 3.58. The number of ether oxygens (including phenoxy) is 1. The Kier molecular flexibility index (Phi) is 5.55. The molecule has 0 aliphatic heterocycles. The van der Waals surface area contributed by atoms with Crippen molar-refractivity contribution in [3.8, 4) is 0 Å². The van der Waals surface area contributed by atoms with Gasteiger partial charge in [0.2, 0.25) is 0 Å². The molecule has 3 aromatic heterocycles. The first kappa shape index (κ1) is 18.8. The molecule has 3 aromatic rings. The van der Waals surface area contributed by atoms with E-state index in [1.807, 2.05) is 13.0 Å². The van der Waals surface area contributed by atoms with E-state index >= 15 is 0 Å². The monoisotopic (exact) mass is 392 g/mol. The molecule has 0 aliphatic carbocycles. The highest BCUT2D eigenvalue weighted by Crippen LogP contribution is 2.28. The average molecular weight is 393 g/mol. The zero-order valence-corrected chi connectivity index (χ0v) is 16.8. The van der Waals surface area contributed by atoms with Crippen LogP contribution in [0.25, 0.3) is 10.2 Å². The number of nitrogens with one attached hydrogen (secondary N) is 2. The molecule has 0 bridgehead atoms. The number of aromatic nitrogens is 2. The minimum atomic E-state index is -0.401. The molecule has 2 N–H and O–H groups in total. The largest absolute Gasteiger partial charge is 0.462 e. The Balaban J connectivity index is 1.95. The van der Waals surface area contributed by atoms with Crippen LogP contribution in [-0.2, 0) is 11.3 Å². The molecular weight excluding hydrogens is 370 g/mol. The second-order valence-corrected chi connectivity index (χ2v) is 8.26. The molecule has 0 spiro atoms. The number of hydrogen-bond acceptors (Lipinski definition) is 6. The minimum Gasteiger partial charge on any atom is -0.462 e. The van der Waals surface area contributed by atoms with Crippen LogP contribution in [0.15, 0.2) is 22.3 Å². The fourth-order valence-electron chi connectivity index (χ4n) is 2.83. The third-order valence-electron chi connectivity index (χ3n) is 4.46. The fraction of sp³-hybridized carbons (Fsp3) is 0.389. The Morgan fingerprint density at radius 1 is 1.46 bits per heavy atom. The van der Waals surface area contributed by atoms with Crippen LogP contribution < -0.4 is 10.5 Å². The van der Waals surface area contributed by atoms with E-state index in [0.29, 0.717) is 33.1 Å². The highest BCUT2D eigenvalue weighted by atomic mass is 32.1. The molecule has 0 amide bonds. The van der Waals surface area contributed by atoms with Crippen molar-refractivity contribution in [3.05, 3.63) is 49.0 Å². The van der Waals surface area contributed by atoms with Crippen molar-refractivity contribution >= 4 is 38.9 Å². The maximum atomic E-state index is 12.6. The van der Waals surface area contributed by atoms with Crippen LogP contribution in [0.5, 0.6) is 0 Å². The molecule has 138 valence electrons. The Morgan fingerprint density at radius 2 is 2.23 bits per heavy atom. The SMILES string of the molecule is CCOC(=O)c1sc2nc([C@H](C)[NH+](C)Cc3cccs3)[nH]c(=O)c2c1C. The third-order valence-corrected chi connectivity index (χ3v) is 6.50. The Morgan fingerprint density at radius 3 is 2.88 bits per heavy atom. The van der Waals surface area contributed by atoms with Gasteiger partial charge in [0.05, 0.1) is 23.9 Å². The van der Waals surface area contributed by atoms with Gasteiger partial charge >= 0.3 is 5.97 Å². The van der Waals surface area contributed by atoms with Gasteiger partial charge in [-0.3, -0.25) is 4.79 Å². The van der Waals surface area contributed by atoms with E-state index < -0.39 is 5.97 Å². The Hall–Kier alpha value is -2.03. The maximum absolute atomic E-state index is 12.6. The van der Waals surface area contributed by atoms with Gasteiger partial charge < -0.3 is 14.6 Å². The molecule has 1 unspecified atom stereocenters. The summed E-state index contributed by atoms with van der Waals surface area (Å²) in [6.45, 7) is 6.73. The van der Waals surface area contributed by atoms with Crippen LogP contribution in [0.1, 0.15) is 45.8 Å². The standard InChI is InChI=1S/C18H21N3O3S2/c1-5-24-18(23)14-10(2)13-16(22)19-15(20-17(13)26-14)11(3)21(4)9-12-7-6-8-25-12/h6-8,11H,5,9H2,1-4H3,(H,19,20,22)/p+1/t11-/m0/s1. The van der Waals surface area contributed by atoms with Crippen LogP contribution >= 0.6 is 22.7 Å². The highest BCUT2D eigenvalue weighted by molar-refractivity contribution is 7.20. The first-order valence-electron chi connectivity index (χ1n) is 8.47. The highest BCUT2D eigenvalue weighted by Gasteiger charge is 2.24. The summed E-state index contributed by atoms with van der Waals surface area (Å²) < 4.78 is 5.08. The van der Waals surface area contributed by atoms with Gasteiger partial charge in [-0.1, -0.05) is 6.07 Å². The summed E-state index contributed by atoms with van der Waals surface area (Å²) in [5.41, 5.74) is 0.431. The lowest BCUT2D eigenvalue weighted by atomic mass is 10.2. The van der Waals surface area contributed by atoms with Crippen LogP contribution in [0.4, 0.5) is 0 Å². The van der Waals surface area contributed by atoms with Gasteiger partial charge in [-0.05, 0) is 37.8 Å². The van der Waals surface area contributed by atoms with Gasteiger partial charge in [0.25, 0.3) is 5.56 Å². The first-order chi connectivity index (χ1) is 12.4. The predicted molar refractivity (Wildman–Crippen MR) is 104 cm³/mol. The molecule has 3 heterocycles. The molecule has 26 heavy (non-hydrogen) atoms. The first-order valence-corrected chi connectivity index (χ1v) is 10.2. The summed E-state index contributed by atoms with van der Waals surface area (Å²) in [6, 6.07) is 4.16. The summed E-state index contributed by atoms with van der Waals surface area (Å²) in [6.07, 6.45) is 0. The van der Waals surface area contributed by atoms with Gasteiger partial charge in [0.15, 0.2) is 5.82 Å². The number of rotatable bonds is 6. The van der Waals surface area contributed by atoms with E-state index in [1.54, 1.807) is 25.2 Å². The molecule has 0 fully saturated rings. The zero-order chi connectivity index (χ0) is 18.8. The van der Waals surface area contributed by atoms with Crippen molar-refractivity contribution in [2.75, 3.05) is 13.7 Å². The molecule has 0 aromatic carbocycles. The summed E-state index contributed by atoms with van der Waals surface area (Å²) in [5, 5.41) is 2.54. The van der Waals surface area contributed by atoms with Crippen LogP contribution in [0.3, 0.4) is 0 Å². The molecule has 0 saturated carbocycles. The number of hydrogen-bond donors (Lipinski definition) is 2. The van der Waals surface area contributed by atoms with E-state index in [-0.39, 0.29) is 11.6 Å². The number of fused-ring (bicyclic) bond motifs is 1. The number of aromatic amines is 1. The van der Waals surface area contributed by atoms with Crippen LogP contribution in [-0.4, -0.2) is 29.6 Å². The van der Waals surface area contributed by atoms with E-state index in [9.17, 15) is 9.59 Å². The smallest absolute Gasteiger partial charge is 0.348 e. The molecule has 0 radical (unpaired) electrons. The van der Waals surface area contributed by atoms with Crippen molar-refractivity contribution in [1.29, 1.82) is 0 Å². The van der Waals surface area contributed by atoms with Crippen LogP contribution in [0.2, 0.25) is 0 Å². The second kappa shape index (κ2) is 7.69. The minimum absolute atomic E-state index is 0.0163. The zero-order valence-electron chi connectivity index (χ0n) is 15.2. The lowest BCUT2D eigenvalue weighted by Crippen LogP contribution is -3.07. The number of H-pyrrole nitrogens is 1. The van der Waals surface area contributed by atoms with Gasteiger partial charge in [0, 0.05) is 0 Å². The molecule has 0 saturated heterocycles. The maximum Gasteiger partial charge on any atom is 0.348 e. The molecule has 2 atom stereocenters. The van der Waals surface area contributed by atoms with Crippen molar-refractivity contribution in [2.45, 2.75) is 33.4 Å². The molecular formula is C18H22N3O3S2+. The summed E-state index contributed by atoms with van der Waals surface area (Å²) >= 11 is 2.94. The van der Waals surface area contributed by atoms with Gasteiger partial charge in [-0.15, -0.1) is 22.7 Å². The van der Waals surface area contributed by atoms with E-state index in [2.05, 4.69) is 28.5 Å². The molecule has 6 nitrogen and oxygen atoms in total. The predicted octanol–water partition coefficient (Wildman–Crippen LogP) is 2.31. The number of nitrogens with zero attached hydrogens (tertiary/aromatic N) is 1. The van der Waals surface area contributed by atoms with E-state index in [1.165, 1.54) is 21.1 Å². The Bertz CT molecular complexity index is 976. The lowest BCUT2D eigenvalue weighted by molar-refractivity contribution is -0.924. The number of aryl methyl sites for hydroxylation is 1. The number of esters is 1. The number of quaternary nitrogens is 1. The van der Waals surface area contributed by atoms with Crippen molar-refractivity contribution in [1.82, 2.24) is 9.97 Å². The quantitative estimate of drug-likeness (QED) is 0.631. The number of carbonyl (C=O) groups excluding carboxylic acids is 1. The van der Waals surface area contributed by atoms with Crippen molar-refractivity contribution < 1.29 is 14.4 Å². The van der Waals surface area contributed by atoms with Gasteiger partial charge in [-0.25, -0.2) is 9.78 Å². The summed E-state index contributed by atoms with van der Waals surface area (Å²) in [4.78, 5) is 35.8. The average Bonchev–Trinajstić information content (AvgIpc) is 3.22. The van der Waals surface area contributed by atoms with Crippen LogP contribution in [0, 0.1) is 6.92 Å². The van der Waals surface area contributed by atoms with Crippen molar-refractivity contribution in [3.63, 3.8) is 0 Å². The summed E-state index contributed by atoms with van der Waals surface area (Å²) in [7, 11) is 2.08.